The van der Waals surface area contributed by atoms with Crippen LogP contribution in [0.3, 0.4) is 0 Å². The maximum Gasteiger partial charge on any atom is 0.424 e. The van der Waals surface area contributed by atoms with Crippen molar-refractivity contribution < 1.29 is 27.5 Å². The molecule has 2 amide bonds. The molecule has 1 aliphatic rings. The molecule has 0 radical (unpaired) electrons. The predicted octanol–water partition coefficient (Wildman–Crippen LogP) is 0.510. The Bertz CT molecular complexity index is 595. The first-order chi connectivity index (χ1) is 11.2. The number of likely N-dealkylation sites (tertiary alicyclic amines) is 1. The molecule has 1 aliphatic heterocycles. The molecule has 0 aromatic carbocycles. The molecule has 1 fully saturated rings. The molecule has 1 rings (SSSR count). The third-order valence-electron chi connectivity index (χ3n) is 3.16. The number of ether oxygens (including phenoxy) is 2. The molecule has 9 nitrogen and oxygen atoms in total. The van der Waals surface area contributed by atoms with Crippen LogP contribution in [0.2, 0.25) is 0 Å². The Kier molecular flexibility index (Phi) is 7.58. The fourth-order valence-corrected chi connectivity index (χ4v) is 3.24. The summed E-state index contributed by atoms with van der Waals surface area (Å²) in [5.41, 5.74) is 0. The average molecular weight is 379 g/mol. The number of carbonyl (C=O) groups excluding carboxylic acids is 2. The van der Waals surface area contributed by atoms with Crippen LogP contribution in [0.5, 0.6) is 0 Å². The van der Waals surface area contributed by atoms with Crippen LogP contribution in [0, 0.1) is 0 Å². The van der Waals surface area contributed by atoms with Crippen molar-refractivity contribution in [1.29, 1.82) is 0 Å². The van der Waals surface area contributed by atoms with Crippen LogP contribution in [-0.2, 0) is 19.7 Å². The number of hydrogen-bond acceptors (Lipinski definition) is 7. The summed E-state index contributed by atoms with van der Waals surface area (Å²) in [4.78, 5) is 25.2. The summed E-state index contributed by atoms with van der Waals surface area (Å²) in [5, 5.41) is 4.89. The summed E-state index contributed by atoms with van der Waals surface area (Å²) in [6, 6.07) is -0.626. The van der Waals surface area contributed by atoms with Crippen molar-refractivity contribution in [1.82, 2.24) is 9.21 Å². The summed E-state index contributed by atoms with van der Waals surface area (Å²) >= 11 is 4.30. The van der Waals surface area contributed by atoms with Crippen LogP contribution in [-0.4, -0.2) is 67.4 Å². The lowest BCUT2D eigenvalue weighted by atomic mass is 10.2. The fourth-order valence-electron chi connectivity index (χ4n) is 2.18. The van der Waals surface area contributed by atoms with Gasteiger partial charge in [0.25, 0.3) is 0 Å². The topological polar surface area (TPSA) is 119 Å². The molecule has 24 heavy (non-hydrogen) atoms. The lowest BCUT2D eigenvalue weighted by Gasteiger charge is -2.28. The predicted molar refractivity (Wildman–Crippen MR) is 90.8 cm³/mol. The van der Waals surface area contributed by atoms with Gasteiger partial charge in [0.15, 0.2) is 0 Å². The monoisotopic (exact) mass is 379 g/mol. The maximum absolute atomic E-state index is 12.0. The summed E-state index contributed by atoms with van der Waals surface area (Å²) in [5.74, 6) is 0. The Morgan fingerprint density at radius 1 is 1.29 bits per heavy atom. The van der Waals surface area contributed by atoms with Crippen LogP contribution < -0.4 is 5.14 Å². The average Bonchev–Trinajstić information content (AvgIpc) is 2.87. The van der Waals surface area contributed by atoms with E-state index in [2.05, 4.69) is 25.8 Å². The van der Waals surface area contributed by atoms with Gasteiger partial charge in [0, 0.05) is 11.8 Å². The second kappa shape index (κ2) is 8.94. The van der Waals surface area contributed by atoms with Gasteiger partial charge in [-0.1, -0.05) is 25.3 Å². The molecule has 11 heteroatoms. The van der Waals surface area contributed by atoms with Gasteiger partial charge in [0.2, 0.25) is 0 Å². The molecule has 2 N–H and O–H groups in total. The summed E-state index contributed by atoms with van der Waals surface area (Å²) in [6.07, 6.45) is 1.28. The lowest BCUT2D eigenvalue weighted by molar-refractivity contribution is 0.0982. The highest BCUT2D eigenvalue weighted by atomic mass is 32.2. The largest absolute Gasteiger partial charge is 0.445 e. The molecule has 2 atom stereocenters. The van der Waals surface area contributed by atoms with Gasteiger partial charge in [-0.25, -0.2) is 14.7 Å². The van der Waals surface area contributed by atoms with E-state index in [9.17, 15) is 18.0 Å². The zero-order valence-corrected chi connectivity index (χ0v) is 14.7. The third-order valence-corrected chi connectivity index (χ3v) is 4.45. The number of amides is 2. The van der Waals surface area contributed by atoms with E-state index >= 15 is 0 Å². The zero-order chi connectivity index (χ0) is 18.3. The van der Waals surface area contributed by atoms with Crippen molar-refractivity contribution >= 4 is 35.0 Å². The van der Waals surface area contributed by atoms with E-state index in [0.717, 1.165) is 0 Å². The Labute approximate surface area is 146 Å². The highest BCUT2D eigenvalue weighted by molar-refractivity contribution is 7.87. The molecular weight excluding hydrogens is 358 g/mol. The normalized spacial score (nSPS) is 20.3. The number of nitrogens with zero attached hydrogens (tertiary/aromatic N) is 2. The molecule has 2 unspecified atom stereocenters. The fraction of sp³-hybridized carbons (Fsp3) is 0.538. The Morgan fingerprint density at radius 3 is 2.42 bits per heavy atom. The SMILES string of the molecule is C=CCOC(=O)N1CC(S)CC1CN(C(=O)OCC=C)S(N)(=O)=O. The summed E-state index contributed by atoms with van der Waals surface area (Å²) in [7, 11) is -4.36. The molecule has 0 spiro atoms. The van der Waals surface area contributed by atoms with Gasteiger partial charge in [-0.15, -0.1) is 0 Å². The van der Waals surface area contributed by atoms with Crippen molar-refractivity contribution in [2.45, 2.75) is 17.7 Å². The lowest BCUT2D eigenvalue weighted by Crippen LogP contribution is -2.49. The molecule has 0 bridgehead atoms. The highest BCUT2D eigenvalue weighted by Crippen LogP contribution is 2.24. The van der Waals surface area contributed by atoms with E-state index in [1.807, 2.05) is 0 Å². The summed E-state index contributed by atoms with van der Waals surface area (Å²) < 4.78 is 33.4. The minimum Gasteiger partial charge on any atom is -0.445 e. The quantitative estimate of drug-likeness (QED) is 0.491. The number of carbonyl (C=O) groups is 2. The Morgan fingerprint density at radius 2 is 1.88 bits per heavy atom. The van der Waals surface area contributed by atoms with E-state index < -0.39 is 28.4 Å². The van der Waals surface area contributed by atoms with Crippen LogP contribution in [0.15, 0.2) is 25.3 Å². The van der Waals surface area contributed by atoms with Gasteiger partial charge >= 0.3 is 22.4 Å². The van der Waals surface area contributed by atoms with Crippen molar-refractivity contribution in [3.8, 4) is 0 Å². The maximum atomic E-state index is 12.0. The van der Waals surface area contributed by atoms with Gasteiger partial charge in [-0.2, -0.15) is 25.4 Å². The minimum absolute atomic E-state index is 0.0135. The molecular formula is C13H21N3O6S2. The molecule has 0 aromatic rings. The van der Waals surface area contributed by atoms with Gasteiger partial charge in [0.05, 0.1) is 12.6 Å². The number of rotatable bonds is 7. The number of thiol groups is 1. The molecule has 136 valence electrons. The first-order valence-corrected chi connectivity index (χ1v) is 9.03. The van der Waals surface area contributed by atoms with Crippen LogP contribution in [0.1, 0.15) is 6.42 Å². The molecule has 0 aromatic heterocycles. The van der Waals surface area contributed by atoms with Crippen LogP contribution >= 0.6 is 12.6 Å². The van der Waals surface area contributed by atoms with Crippen LogP contribution in [0.4, 0.5) is 9.59 Å². The van der Waals surface area contributed by atoms with E-state index in [4.69, 9.17) is 14.6 Å². The summed E-state index contributed by atoms with van der Waals surface area (Å²) in [6.45, 7) is 6.55. The van der Waals surface area contributed by atoms with Gasteiger partial charge in [0.1, 0.15) is 13.2 Å². The van der Waals surface area contributed by atoms with E-state index in [0.29, 0.717) is 10.7 Å². The van der Waals surface area contributed by atoms with Crippen molar-refractivity contribution in [2.24, 2.45) is 5.14 Å². The van der Waals surface area contributed by atoms with E-state index in [-0.39, 0.29) is 31.6 Å². The number of nitrogens with two attached hydrogens (primary N) is 1. The van der Waals surface area contributed by atoms with Crippen molar-refractivity contribution in [3.05, 3.63) is 25.3 Å². The van der Waals surface area contributed by atoms with E-state index in [1.165, 1.54) is 17.1 Å². The Hall–Kier alpha value is -1.72. The zero-order valence-electron chi connectivity index (χ0n) is 13.0. The standard InChI is InChI=1S/C13H21N3O6S2/c1-3-5-21-12(17)15-9-11(23)7-10(15)8-16(24(14,19)20)13(18)22-6-4-2/h3-4,10-11,23H,1-2,5-9H2,(H2,14,19,20). The van der Waals surface area contributed by atoms with Gasteiger partial charge < -0.3 is 14.4 Å². The molecule has 1 saturated heterocycles. The smallest absolute Gasteiger partial charge is 0.424 e. The minimum atomic E-state index is -4.36. The van der Waals surface area contributed by atoms with Crippen molar-refractivity contribution in [3.63, 3.8) is 0 Å². The number of hydrogen-bond donors (Lipinski definition) is 2. The second-order valence-corrected chi connectivity index (χ2v) is 7.20. The highest BCUT2D eigenvalue weighted by Gasteiger charge is 2.39. The second-order valence-electron chi connectivity index (χ2n) is 5.00. The Balaban J connectivity index is 2.89. The third kappa shape index (κ3) is 5.73. The molecule has 0 saturated carbocycles. The van der Waals surface area contributed by atoms with Gasteiger partial charge in [-0.05, 0) is 6.42 Å². The van der Waals surface area contributed by atoms with Crippen molar-refractivity contribution in [2.75, 3.05) is 26.3 Å². The molecule has 1 heterocycles. The molecule has 0 aliphatic carbocycles. The first kappa shape index (κ1) is 20.3. The van der Waals surface area contributed by atoms with Gasteiger partial charge in [-0.3, -0.25) is 0 Å². The first-order valence-electron chi connectivity index (χ1n) is 7.01. The van der Waals surface area contributed by atoms with Crippen LogP contribution in [0.25, 0.3) is 0 Å². The van der Waals surface area contributed by atoms with E-state index in [1.54, 1.807) is 0 Å².